The third kappa shape index (κ3) is 3.50. The van der Waals surface area contributed by atoms with Gasteiger partial charge in [-0.15, -0.1) is 0 Å². The van der Waals surface area contributed by atoms with Gasteiger partial charge in [0.1, 0.15) is 0 Å². The van der Waals surface area contributed by atoms with Crippen molar-refractivity contribution in [3.63, 3.8) is 0 Å². The molecule has 3 rings (SSSR count). The highest BCUT2D eigenvalue weighted by atomic mass is 16.2. The highest BCUT2D eigenvalue weighted by Crippen LogP contribution is 2.16. The van der Waals surface area contributed by atoms with Crippen LogP contribution in [0.2, 0.25) is 0 Å². The monoisotopic (exact) mass is 315 g/mol. The summed E-state index contributed by atoms with van der Waals surface area (Å²) >= 11 is 0. The molecule has 1 fully saturated rings. The number of carbonyl (C=O) groups is 2. The number of rotatable bonds is 4. The van der Waals surface area contributed by atoms with Gasteiger partial charge >= 0.3 is 0 Å². The van der Waals surface area contributed by atoms with E-state index in [-0.39, 0.29) is 11.8 Å². The Morgan fingerprint density at radius 1 is 1.22 bits per heavy atom. The van der Waals surface area contributed by atoms with E-state index >= 15 is 0 Å². The van der Waals surface area contributed by atoms with E-state index in [9.17, 15) is 9.59 Å². The molecule has 0 saturated carbocycles. The molecule has 1 aliphatic heterocycles. The fraction of sp³-hybridized carbons (Fsp3) is 0.438. The second kappa shape index (κ2) is 6.78. The Morgan fingerprint density at radius 3 is 2.70 bits per heavy atom. The second-order valence-electron chi connectivity index (χ2n) is 5.73. The van der Waals surface area contributed by atoms with Crippen molar-refractivity contribution in [3.8, 4) is 0 Å². The molecule has 1 saturated heterocycles. The van der Waals surface area contributed by atoms with Crippen LogP contribution in [-0.4, -0.2) is 71.6 Å². The Labute approximate surface area is 134 Å². The summed E-state index contributed by atoms with van der Waals surface area (Å²) in [6.07, 6.45) is 0.329. The van der Waals surface area contributed by atoms with E-state index in [2.05, 4.69) is 20.4 Å². The van der Waals surface area contributed by atoms with Crippen LogP contribution in [0.3, 0.4) is 0 Å². The zero-order chi connectivity index (χ0) is 16.2. The normalized spacial score (nSPS) is 15.8. The summed E-state index contributed by atoms with van der Waals surface area (Å²) in [5, 5.41) is 10.8. The summed E-state index contributed by atoms with van der Waals surface area (Å²) in [6, 6.07) is 7.78. The molecule has 0 radical (unpaired) electrons. The standard InChI is InChI=1S/C16H21N5O2/c1-17-15(22)11-20-6-8-21(9-7-20)16(23)10-14-12-4-2-3-5-13(12)18-19-14/h2-5H,6-11H2,1H3,(H,17,22)(H,18,19). The average molecular weight is 315 g/mol. The lowest BCUT2D eigenvalue weighted by molar-refractivity contribution is -0.132. The number of hydrogen-bond acceptors (Lipinski definition) is 4. The maximum Gasteiger partial charge on any atom is 0.233 e. The molecule has 2 amide bonds. The van der Waals surface area contributed by atoms with Gasteiger partial charge in [-0.1, -0.05) is 18.2 Å². The molecule has 23 heavy (non-hydrogen) atoms. The number of likely N-dealkylation sites (N-methyl/N-ethyl adjacent to an activating group) is 1. The van der Waals surface area contributed by atoms with Crippen molar-refractivity contribution in [2.75, 3.05) is 39.8 Å². The van der Waals surface area contributed by atoms with Gasteiger partial charge in [0.2, 0.25) is 11.8 Å². The average Bonchev–Trinajstić information content (AvgIpc) is 2.98. The van der Waals surface area contributed by atoms with Crippen LogP contribution in [0, 0.1) is 0 Å². The second-order valence-corrected chi connectivity index (χ2v) is 5.73. The Morgan fingerprint density at radius 2 is 1.96 bits per heavy atom. The van der Waals surface area contributed by atoms with Crippen molar-refractivity contribution in [1.29, 1.82) is 0 Å². The number of para-hydroxylation sites is 1. The number of benzene rings is 1. The predicted octanol–water partition coefficient (Wildman–Crippen LogP) is -0.00440. The van der Waals surface area contributed by atoms with E-state index in [4.69, 9.17) is 0 Å². The maximum absolute atomic E-state index is 12.5. The molecular weight excluding hydrogens is 294 g/mol. The fourth-order valence-electron chi connectivity index (χ4n) is 2.85. The summed E-state index contributed by atoms with van der Waals surface area (Å²) in [5.41, 5.74) is 1.74. The van der Waals surface area contributed by atoms with Gasteiger partial charge in [-0.05, 0) is 6.07 Å². The zero-order valence-corrected chi connectivity index (χ0v) is 13.2. The number of fused-ring (bicyclic) bond motifs is 1. The summed E-state index contributed by atoms with van der Waals surface area (Å²) in [5.74, 6) is 0.104. The largest absolute Gasteiger partial charge is 0.358 e. The molecular formula is C16H21N5O2. The topological polar surface area (TPSA) is 81.3 Å². The van der Waals surface area contributed by atoms with Gasteiger partial charge in [0.05, 0.1) is 24.2 Å². The van der Waals surface area contributed by atoms with Gasteiger partial charge in [0.15, 0.2) is 0 Å². The number of carbonyl (C=O) groups excluding carboxylic acids is 2. The van der Waals surface area contributed by atoms with Crippen molar-refractivity contribution in [3.05, 3.63) is 30.0 Å². The first-order valence-electron chi connectivity index (χ1n) is 7.80. The molecule has 0 unspecified atom stereocenters. The van der Waals surface area contributed by atoms with Crippen LogP contribution >= 0.6 is 0 Å². The Kier molecular flexibility index (Phi) is 4.57. The molecule has 1 aromatic heterocycles. The molecule has 7 heteroatoms. The first-order valence-corrected chi connectivity index (χ1v) is 7.80. The van der Waals surface area contributed by atoms with E-state index < -0.39 is 0 Å². The molecule has 1 aliphatic rings. The van der Waals surface area contributed by atoms with E-state index in [1.807, 2.05) is 29.2 Å². The van der Waals surface area contributed by atoms with Gasteiger partial charge in [0, 0.05) is 38.6 Å². The molecule has 2 heterocycles. The number of aromatic amines is 1. The quantitative estimate of drug-likeness (QED) is 0.832. The molecule has 0 aliphatic carbocycles. The van der Waals surface area contributed by atoms with Crippen molar-refractivity contribution in [1.82, 2.24) is 25.3 Å². The molecule has 0 bridgehead atoms. The Bertz CT molecular complexity index is 703. The fourth-order valence-corrected chi connectivity index (χ4v) is 2.85. The maximum atomic E-state index is 12.5. The van der Waals surface area contributed by atoms with Crippen molar-refractivity contribution in [2.24, 2.45) is 0 Å². The zero-order valence-electron chi connectivity index (χ0n) is 13.2. The number of aromatic nitrogens is 2. The number of nitrogens with zero attached hydrogens (tertiary/aromatic N) is 3. The Hall–Kier alpha value is -2.41. The van der Waals surface area contributed by atoms with Gasteiger partial charge in [0.25, 0.3) is 0 Å². The van der Waals surface area contributed by atoms with Crippen LogP contribution in [0.15, 0.2) is 24.3 Å². The molecule has 122 valence electrons. The molecule has 0 atom stereocenters. The SMILES string of the molecule is CNC(=O)CN1CCN(C(=O)Cc2[nH]nc3ccccc23)CC1. The number of piperazine rings is 1. The van der Waals surface area contributed by atoms with Crippen LogP contribution in [0.1, 0.15) is 5.69 Å². The van der Waals surface area contributed by atoms with Crippen LogP contribution in [0.4, 0.5) is 0 Å². The molecule has 7 nitrogen and oxygen atoms in total. The van der Waals surface area contributed by atoms with E-state index in [0.29, 0.717) is 26.1 Å². The summed E-state index contributed by atoms with van der Waals surface area (Å²) in [6.45, 7) is 3.15. The number of nitrogens with one attached hydrogen (secondary N) is 2. The summed E-state index contributed by atoms with van der Waals surface area (Å²) < 4.78 is 0. The smallest absolute Gasteiger partial charge is 0.233 e. The van der Waals surface area contributed by atoms with Crippen molar-refractivity contribution in [2.45, 2.75) is 6.42 Å². The highest BCUT2D eigenvalue weighted by Gasteiger charge is 2.23. The minimum Gasteiger partial charge on any atom is -0.358 e. The van der Waals surface area contributed by atoms with Crippen LogP contribution < -0.4 is 5.32 Å². The number of hydrogen-bond donors (Lipinski definition) is 2. The predicted molar refractivity (Wildman–Crippen MR) is 86.9 cm³/mol. The van der Waals surface area contributed by atoms with Gasteiger partial charge in [-0.3, -0.25) is 19.6 Å². The number of H-pyrrole nitrogens is 1. The van der Waals surface area contributed by atoms with Gasteiger partial charge < -0.3 is 10.2 Å². The molecule has 2 N–H and O–H groups in total. The first-order chi connectivity index (χ1) is 11.2. The van der Waals surface area contributed by atoms with Gasteiger partial charge in [-0.25, -0.2) is 0 Å². The summed E-state index contributed by atoms with van der Waals surface area (Å²) in [7, 11) is 1.64. The van der Waals surface area contributed by atoms with Crippen molar-refractivity contribution < 1.29 is 9.59 Å². The van der Waals surface area contributed by atoms with Crippen LogP contribution in [0.25, 0.3) is 10.9 Å². The van der Waals surface area contributed by atoms with E-state index in [1.54, 1.807) is 7.05 Å². The summed E-state index contributed by atoms with van der Waals surface area (Å²) in [4.78, 5) is 27.8. The number of amides is 2. The highest BCUT2D eigenvalue weighted by molar-refractivity contribution is 5.87. The van der Waals surface area contributed by atoms with Crippen molar-refractivity contribution >= 4 is 22.7 Å². The molecule has 2 aromatic rings. The third-order valence-electron chi connectivity index (χ3n) is 4.24. The first kappa shape index (κ1) is 15.5. The molecule has 0 spiro atoms. The van der Waals surface area contributed by atoms with E-state index in [0.717, 1.165) is 29.7 Å². The van der Waals surface area contributed by atoms with Gasteiger partial charge in [-0.2, -0.15) is 5.10 Å². The minimum atomic E-state index is 0.00806. The Balaban J connectivity index is 1.57. The lowest BCUT2D eigenvalue weighted by atomic mass is 10.1. The van der Waals surface area contributed by atoms with Crippen LogP contribution in [-0.2, 0) is 16.0 Å². The molecule has 1 aromatic carbocycles. The van der Waals surface area contributed by atoms with E-state index in [1.165, 1.54) is 0 Å². The van der Waals surface area contributed by atoms with Crippen LogP contribution in [0.5, 0.6) is 0 Å². The lowest BCUT2D eigenvalue weighted by Gasteiger charge is -2.34. The lowest BCUT2D eigenvalue weighted by Crippen LogP contribution is -2.51. The minimum absolute atomic E-state index is 0.00806. The third-order valence-corrected chi connectivity index (χ3v) is 4.24.